The van der Waals surface area contributed by atoms with E-state index in [2.05, 4.69) is 4.90 Å². The predicted octanol–water partition coefficient (Wildman–Crippen LogP) is 0.944. The Labute approximate surface area is 90.9 Å². The summed E-state index contributed by atoms with van der Waals surface area (Å²) in [6, 6.07) is 0. The largest absolute Gasteiger partial charge is 0.481 e. The number of aliphatic carboxylic acids is 1. The van der Waals surface area contributed by atoms with Crippen molar-refractivity contribution in [2.75, 3.05) is 19.6 Å². The van der Waals surface area contributed by atoms with Crippen molar-refractivity contribution in [3.63, 3.8) is 0 Å². The van der Waals surface area contributed by atoms with Crippen molar-refractivity contribution in [1.29, 1.82) is 0 Å². The van der Waals surface area contributed by atoms with Gasteiger partial charge in [-0.05, 0) is 32.7 Å². The molecule has 1 aliphatic rings. The summed E-state index contributed by atoms with van der Waals surface area (Å²) in [5.74, 6) is -0.970. The molecule has 4 nitrogen and oxygen atoms in total. The zero-order chi connectivity index (χ0) is 11.5. The van der Waals surface area contributed by atoms with E-state index in [4.69, 9.17) is 5.11 Å². The molecule has 0 bridgehead atoms. The molecule has 0 aromatic carbocycles. The summed E-state index contributed by atoms with van der Waals surface area (Å²) in [6.07, 6.45) is 2.37. The maximum Gasteiger partial charge on any atom is 0.307 e. The number of aliphatic hydroxyl groups is 1. The van der Waals surface area contributed by atoms with Gasteiger partial charge in [-0.1, -0.05) is 6.92 Å². The number of rotatable bonds is 4. The topological polar surface area (TPSA) is 60.8 Å². The highest BCUT2D eigenvalue weighted by Gasteiger charge is 2.29. The van der Waals surface area contributed by atoms with E-state index >= 15 is 0 Å². The molecule has 0 radical (unpaired) electrons. The third-order valence-electron chi connectivity index (χ3n) is 3.18. The zero-order valence-corrected chi connectivity index (χ0v) is 9.57. The van der Waals surface area contributed by atoms with Crippen LogP contribution >= 0.6 is 0 Å². The fraction of sp³-hybridized carbons (Fsp3) is 0.909. The van der Waals surface area contributed by atoms with Crippen LogP contribution in [0.5, 0.6) is 0 Å². The highest BCUT2D eigenvalue weighted by atomic mass is 16.4. The molecule has 1 saturated heterocycles. The monoisotopic (exact) mass is 215 g/mol. The Balaban J connectivity index is 2.46. The predicted molar refractivity (Wildman–Crippen MR) is 57.7 cm³/mol. The second-order valence-electron chi connectivity index (χ2n) is 4.76. The van der Waals surface area contributed by atoms with Gasteiger partial charge in [-0.3, -0.25) is 9.69 Å². The third kappa shape index (κ3) is 3.80. The lowest BCUT2D eigenvalue weighted by molar-refractivity contribution is -0.144. The maximum absolute atomic E-state index is 10.8. The van der Waals surface area contributed by atoms with Crippen LogP contribution < -0.4 is 0 Å². The van der Waals surface area contributed by atoms with Crippen LogP contribution in [0.3, 0.4) is 0 Å². The van der Waals surface area contributed by atoms with E-state index in [1.54, 1.807) is 6.92 Å². The Bertz CT molecular complexity index is 228. The van der Waals surface area contributed by atoms with Crippen molar-refractivity contribution < 1.29 is 15.0 Å². The summed E-state index contributed by atoms with van der Waals surface area (Å²) < 4.78 is 0. The molecule has 1 rings (SSSR count). The van der Waals surface area contributed by atoms with Crippen molar-refractivity contribution >= 4 is 5.97 Å². The van der Waals surface area contributed by atoms with E-state index in [-0.39, 0.29) is 5.92 Å². The molecule has 1 aliphatic heterocycles. The molecule has 0 amide bonds. The lowest BCUT2D eigenvalue weighted by atomic mass is 9.95. The highest BCUT2D eigenvalue weighted by Crippen LogP contribution is 2.19. The van der Waals surface area contributed by atoms with Gasteiger partial charge in [-0.25, -0.2) is 0 Å². The normalized spacial score (nSPS) is 27.3. The lowest BCUT2D eigenvalue weighted by Crippen LogP contribution is -2.46. The van der Waals surface area contributed by atoms with Crippen LogP contribution in [-0.4, -0.2) is 46.3 Å². The molecule has 0 spiro atoms. The lowest BCUT2D eigenvalue weighted by Gasteiger charge is -2.35. The Morgan fingerprint density at radius 1 is 1.60 bits per heavy atom. The molecular formula is C11H21NO3. The van der Waals surface area contributed by atoms with Gasteiger partial charge in [-0.2, -0.15) is 0 Å². The minimum Gasteiger partial charge on any atom is -0.481 e. The van der Waals surface area contributed by atoms with Gasteiger partial charge in [0.05, 0.1) is 11.5 Å². The molecule has 15 heavy (non-hydrogen) atoms. The van der Waals surface area contributed by atoms with Crippen molar-refractivity contribution in [2.24, 2.45) is 5.92 Å². The van der Waals surface area contributed by atoms with E-state index in [0.29, 0.717) is 19.5 Å². The molecule has 4 heteroatoms. The van der Waals surface area contributed by atoms with Crippen LogP contribution in [0.1, 0.15) is 33.1 Å². The van der Waals surface area contributed by atoms with E-state index < -0.39 is 11.6 Å². The van der Waals surface area contributed by atoms with Gasteiger partial charge >= 0.3 is 5.97 Å². The Morgan fingerprint density at radius 2 is 2.27 bits per heavy atom. The molecule has 88 valence electrons. The number of carbonyl (C=O) groups is 1. The molecule has 2 unspecified atom stereocenters. The summed E-state index contributed by atoms with van der Waals surface area (Å²) in [4.78, 5) is 12.9. The fourth-order valence-electron chi connectivity index (χ4n) is 1.99. The number of hydrogen-bond acceptors (Lipinski definition) is 3. The second-order valence-corrected chi connectivity index (χ2v) is 4.76. The smallest absolute Gasteiger partial charge is 0.307 e. The van der Waals surface area contributed by atoms with E-state index in [9.17, 15) is 9.90 Å². The van der Waals surface area contributed by atoms with Gasteiger partial charge in [0, 0.05) is 13.1 Å². The van der Waals surface area contributed by atoms with Crippen LogP contribution in [-0.2, 0) is 4.79 Å². The molecular weight excluding hydrogens is 194 g/mol. The minimum absolute atomic E-state index is 0.258. The Morgan fingerprint density at radius 3 is 2.80 bits per heavy atom. The second kappa shape index (κ2) is 4.94. The van der Waals surface area contributed by atoms with Crippen LogP contribution in [0.25, 0.3) is 0 Å². The van der Waals surface area contributed by atoms with Crippen LogP contribution in [0.4, 0.5) is 0 Å². The molecule has 0 aromatic heterocycles. The first-order valence-corrected chi connectivity index (χ1v) is 5.62. The number of nitrogens with zero attached hydrogens (tertiary/aromatic N) is 1. The van der Waals surface area contributed by atoms with Crippen molar-refractivity contribution in [1.82, 2.24) is 4.90 Å². The van der Waals surface area contributed by atoms with Crippen molar-refractivity contribution in [3.8, 4) is 0 Å². The molecule has 1 fully saturated rings. The first-order valence-electron chi connectivity index (χ1n) is 5.62. The Hall–Kier alpha value is -0.610. The summed E-state index contributed by atoms with van der Waals surface area (Å²) in [5, 5.41) is 18.8. The van der Waals surface area contributed by atoms with Gasteiger partial charge in [0.15, 0.2) is 0 Å². The number of piperidine rings is 1. The molecule has 2 N–H and O–H groups in total. The number of carboxylic acids is 1. The van der Waals surface area contributed by atoms with Gasteiger partial charge < -0.3 is 10.2 Å². The summed E-state index contributed by atoms with van der Waals surface area (Å²) in [6.45, 7) is 5.80. The average Bonchev–Trinajstić information content (AvgIpc) is 2.17. The number of hydrogen-bond donors (Lipinski definition) is 2. The third-order valence-corrected chi connectivity index (χ3v) is 3.18. The molecule has 0 aliphatic carbocycles. The van der Waals surface area contributed by atoms with E-state index in [0.717, 1.165) is 19.4 Å². The van der Waals surface area contributed by atoms with Crippen LogP contribution in [0, 0.1) is 5.92 Å². The average molecular weight is 215 g/mol. The van der Waals surface area contributed by atoms with Crippen molar-refractivity contribution in [3.05, 3.63) is 0 Å². The first kappa shape index (κ1) is 12.5. The van der Waals surface area contributed by atoms with E-state index in [1.165, 1.54) is 0 Å². The number of carboxylic acid groups (broad SMARTS) is 1. The fourth-order valence-corrected chi connectivity index (χ4v) is 1.99. The maximum atomic E-state index is 10.8. The summed E-state index contributed by atoms with van der Waals surface area (Å²) in [7, 11) is 0. The minimum atomic E-state index is -0.712. The van der Waals surface area contributed by atoms with Crippen LogP contribution in [0.2, 0.25) is 0 Å². The molecule has 0 aromatic rings. The SMILES string of the molecule is CCC(C)(O)CN1CCCC(C(=O)O)C1. The van der Waals surface area contributed by atoms with Gasteiger partial charge in [0.25, 0.3) is 0 Å². The van der Waals surface area contributed by atoms with Crippen molar-refractivity contribution in [2.45, 2.75) is 38.7 Å². The van der Waals surface area contributed by atoms with E-state index in [1.807, 2.05) is 6.92 Å². The Kier molecular flexibility index (Phi) is 4.11. The first-order chi connectivity index (χ1) is 6.94. The summed E-state index contributed by atoms with van der Waals surface area (Å²) in [5.41, 5.74) is -0.694. The highest BCUT2D eigenvalue weighted by molar-refractivity contribution is 5.70. The molecule has 0 saturated carbocycles. The van der Waals surface area contributed by atoms with Gasteiger partial charge in [0.1, 0.15) is 0 Å². The van der Waals surface area contributed by atoms with Crippen LogP contribution in [0.15, 0.2) is 0 Å². The van der Waals surface area contributed by atoms with Gasteiger partial charge in [-0.15, -0.1) is 0 Å². The molecule has 1 heterocycles. The standard InChI is InChI=1S/C11H21NO3/c1-3-11(2,15)8-12-6-4-5-9(7-12)10(13)14/h9,15H,3-8H2,1-2H3,(H,13,14). The number of β-amino-alcohol motifs (C(OH)–C–C–N with tert-alkyl or cyclic N) is 1. The number of likely N-dealkylation sites (tertiary alicyclic amines) is 1. The summed E-state index contributed by atoms with van der Waals surface area (Å²) >= 11 is 0. The quantitative estimate of drug-likeness (QED) is 0.733. The molecule has 2 atom stereocenters. The van der Waals surface area contributed by atoms with Gasteiger partial charge in [0.2, 0.25) is 0 Å². The zero-order valence-electron chi connectivity index (χ0n) is 9.57.